The summed E-state index contributed by atoms with van der Waals surface area (Å²) in [6.07, 6.45) is 0. The lowest BCUT2D eigenvalue weighted by Crippen LogP contribution is -2.53. The number of rotatable bonds is 7. The lowest BCUT2D eigenvalue weighted by molar-refractivity contribution is -0.175. The molecule has 0 fully saturated rings. The van der Waals surface area contributed by atoms with Crippen molar-refractivity contribution in [1.29, 1.82) is 0 Å². The smallest absolute Gasteiger partial charge is 0.340 e. The Labute approximate surface area is 133 Å². The van der Waals surface area contributed by atoms with E-state index in [1.54, 1.807) is 39.8 Å². The van der Waals surface area contributed by atoms with Gasteiger partial charge in [0.15, 0.2) is 0 Å². The zero-order valence-corrected chi connectivity index (χ0v) is 14.0. The van der Waals surface area contributed by atoms with Gasteiger partial charge in [-0.1, -0.05) is 0 Å². The zero-order chi connectivity index (χ0) is 16.8. The van der Waals surface area contributed by atoms with Crippen LogP contribution >= 0.6 is 11.3 Å². The standard InChI is InChI=1S/C15H20O6S/c1-5-19-12(16)15(13(17)20-6-2,14(18)21-7-3)11-9-8-10(4)22-11/h8-9H,5-7H2,1-4H3. The van der Waals surface area contributed by atoms with Crippen molar-refractivity contribution in [2.45, 2.75) is 33.1 Å². The van der Waals surface area contributed by atoms with Gasteiger partial charge in [0, 0.05) is 9.75 Å². The van der Waals surface area contributed by atoms with E-state index in [-0.39, 0.29) is 24.7 Å². The van der Waals surface area contributed by atoms with Crippen LogP contribution in [-0.4, -0.2) is 37.7 Å². The van der Waals surface area contributed by atoms with Gasteiger partial charge in [0.25, 0.3) is 5.41 Å². The molecule has 1 rings (SSSR count). The predicted molar refractivity (Wildman–Crippen MR) is 80.6 cm³/mol. The molecule has 0 atom stereocenters. The van der Waals surface area contributed by atoms with Crippen LogP contribution < -0.4 is 0 Å². The minimum absolute atomic E-state index is 0.0315. The van der Waals surface area contributed by atoms with Gasteiger partial charge < -0.3 is 14.2 Å². The number of thiophene rings is 1. The van der Waals surface area contributed by atoms with Crippen LogP contribution in [0.25, 0.3) is 0 Å². The number of carbonyl (C=O) groups excluding carboxylic acids is 3. The van der Waals surface area contributed by atoms with Crippen molar-refractivity contribution in [3.05, 3.63) is 21.9 Å². The van der Waals surface area contributed by atoms with Gasteiger partial charge in [0.1, 0.15) is 0 Å². The highest BCUT2D eigenvalue weighted by molar-refractivity contribution is 7.12. The van der Waals surface area contributed by atoms with Gasteiger partial charge in [-0.3, -0.25) is 0 Å². The number of esters is 3. The number of aryl methyl sites for hydroxylation is 1. The van der Waals surface area contributed by atoms with Crippen molar-refractivity contribution < 1.29 is 28.6 Å². The molecule has 7 heteroatoms. The van der Waals surface area contributed by atoms with E-state index in [0.29, 0.717) is 0 Å². The maximum Gasteiger partial charge on any atom is 0.340 e. The fourth-order valence-corrected chi connectivity index (χ4v) is 2.93. The van der Waals surface area contributed by atoms with Gasteiger partial charge in [0.05, 0.1) is 19.8 Å². The van der Waals surface area contributed by atoms with E-state index in [2.05, 4.69) is 0 Å². The third-order valence-corrected chi connectivity index (χ3v) is 3.98. The molecule has 22 heavy (non-hydrogen) atoms. The molecule has 0 aromatic carbocycles. The van der Waals surface area contributed by atoms with Gasteiger partial charge in [-0.25, -0.2) is 14.4 Å². The van der Waals surface area contributed by atoms with E-state index < -0.39 is 23.3 Å². The lowest BCUT2D eigenvalue weighted by atomic mass is 9.86. The molecule has 0 aliphatic heterocycles. The van der Waals surface area contributed by atoms with Crippen LogP contribution in [0.3, 0.4) is 0 Å². The minimum atomic E-state index is -2.22. The third kappa shape index (κ3) is 3.30. The first-order valence-corrected chi connectivity index (χ1v) is 7.85. The van der Waals surface area contributed by atoms with Gasteiger partial charge in [0.2, 0.25) is 0 Å². The van der Waals surface area contributed by atoms with Crippen molar-refractivity contribution in [2.75, 3.05) is 19.8 Å². The SMILES string of the molecule is CCOC(=O)C(C(=O)OCC)(C(=O)OCC)c1ccc(C)s1. The van der Waals surface area contributed by atoms with Crippen molar-refractivity contribution in [2.24, 2.45) is 0 Å². The van der Waals surface area contributed by atoms with Gasteiger partial charge in [-0.05, 0) is 39.8 Å². The molecule has 0 N–H and O–H groups in total. The highest BCUT2D eigenvalue weighted by Crippen LogP contribution is 2.35. The van der Waals surface area contributed by atoms with E-state index in [1.165, 1.54) is 0 Å². The largest absolute Gasteiger partial charge is 0.464 e. The molecule has 1 aromatic rings. The molecule has 6 nitrogen and oxygen atoms in total. The number of ether oxygens (including phenoxy) is 3. The van der Waals surface area contributed by atoms with Gasteiger partial charge in [-0.2, -0.15) is 0 Å². The summed E-state index contributed by atoms with van der Waals surface area (Å²) in [7, 11) is 0. The second-order valence-electron chi connectivity index (χ2n) is 4.32. The van der Waals surface area contributed by atoms with Crippen molar-refractivity contribution in [1.82, 2.24) is 0 Å². The summed E-state index contributed by atoms with van der Waals surface area (Å²) in [5.41, 5.74) is -2.22. The van der Waals surface area contributed by atoms with Crippen molar-refractivity contribution >= 4 is 29.2 Å². The van der Waals surface area contributed by atoms with Crippen LogP contribution in [0.2, 0.25) is 0 Å². The summed E-state index contributed by atoms with van der Waals surface area (Å²) in [6, 6.07) is 3.26. The highest BCUT2D eigenvalue weighted by atomic mass is 32.1. The minimum Gasteiger partial charge on any atom is -0.464 e. The molecule has 0 radical (unpaired) electrons. The Balaban J connectivity index is 3.51. The summed E-state index contributed by atoms with van der Waals surface area (Å²) in [5.74, 6) is -2.93. The number of hydrogen-bond acceptors (Lipinski definition) is 7. The van der Waals surface area contributed by atoms with Gasteiger partial charge in [-0.15, -0.1) is 11.3 Å². The zero-order valence-electron chi connectivity index (χ0n) is 13.1. The van der Waals surface area contributed by atoms with Crippen molar-refractivity contribution in [3.63, 3.8) is 0 Å². The first kappa shape index (κ1) is 18.2. The van der Waals surface area contributed by atoms with E-state index in [9.17, 15) is 14.4 Å². The van der Waals surface area contributed by atoms with E-state index in [0.717, 1.165) is 16.2 Å². The average molecular weight is 328 g/mol. The summed E-state index contributed by atoms with van der Waals surface area (Å²) in [5, 5.41) is 0. The van der Waals surface area contributed by atoms with E-state index in [1.807, 2.05) is 0 Å². The Morgan fingerprint density at radius 3 is 1.59 bits per heavy atom. The fraction of sp³-hybridized carbons (Fsp3) is 0.533. The molecule has 0 aliphatic carbocycles. The third-order valence-electron chi connectivity index (χ3n) is 2.85. The molecule has 0 saturated carbocycles. The molecule has 0 spiro atoms. The van der Waals surface area contributed by atoms with Crippen LogP contribution in [0.5, 0.6) is 0 Å². The maximum absolute atomic E-state index is 12.5. The maximum atomic E-state index is 12.5. The molecule has 1 aromatic heterocycles. The van der Waals surface area contributed by atoms with E-state index >= 15 is 0 Å². The Hall–Kier alpha value is -1.89. The predicted octanol–water partition coefficient (Wildman–Crippen LogP) is 1.98. The Bertz CT molecular complexity index is 502. The summed E-state index contributed by atoms with van der Waals surface area (Å²) in [4.78, 5) is 38.6. The summed E-state index contributed by atoms with van der Waals surface area (Å²) in [6.45, 7) is 6.69. The molecule has 122 valence electrons. The second kappa shape index (κ2) is 7.93. The first-order chi connectivity index (χ1) is 10.4. The number of carbonyl (C=O) groups is 3. The van der Waals surface area contributed by atoms with E-state index in [4.69, 9.17) is 14.2 Å². The molecule has 0 bridgehead atoms. The van der Waals surface area contributed by atoms with Crippen LogP contribution in [0.1, 0.15) is 30.5 Å². The highest BCUT2D eigenvalue weighted by Gasteiger charge is 2.60. The molecule has 0 saturated heterocycles. The molecule has 1 heterocycles. The monoisotopic (exact) mass is 328 g/mol. The van der Waals surface area contributed by atoms with Crippen molar-refractivity contribution in [3.8, 4) is 0 Å². The Morgan fingerprint density at radius 2 is 1.32 bits per heavy atom. The summed E-state index contributed by atoms with van der Waals surface area (Å²) < 4.78 is 14.9. The van der Waals surface area contributed by atoms with Crippen LogP contribution in [0.4, 0.5) is 0 Å². The second-order valence-corrected chi connectivity index (χ2v) is 5.61. The molecular weight excluding hydrogens is 308 g/mol. The molecular formula is C15H20O6S. The van der Waals surface area contributed by atoms with Crippen LogP contribution in [0.15, 0.2) is 12.1 Å². The Morgan fingerprint density at radius 1 is 0.909 bits per heavy atom. The van der Waals surface area contributed by atoms with Gasteiger partial charge >= 0.3 is 17.9 Å². The molecule has 0 aliphatic rings. The fourth-order valence-electron chi connectivity index (χ4n) is 1.91. The number of hydrogen-bond donors (Lipinski definition) is 0. The first-order valence-electron chi connectivity index (χ1n) is 7.03. The quantitative estimate of drug-likeness (QED) is 0.433. The van der Waals surface area contributed by atoms with Crippen LogP contribution in [0, 0.1) is 6.92 Å². The Kier molecular flexibility index (Phi) is 6.55. The molecule has 0 amide bonds. The summed E-state index contributed by atoms with van der Waals surface area (Å²) >= 11 is 1.15. The lowest BCUT2D eigenvalue weighted by Gasteiger charge is -2.25. The topological polar surface area (TPSA) is 78.9 Å². The normalized spacial score (nSPS) is 10.9. The molecule has 0 unspecified atom stereocenters. The average Bonchev–Trinajstić information content (AvgIpc) is 2.87. The van der Waals surface area contributed by atoms with Crippen LogP contribution in [-0.2, 0) is 34.0 Å².